The second-order valence-electron chi connectivity index (χ2n) is 4.42. The largest absolute Gasteiger partial charge is 0.357 e. The van der Waals surface area contributed by atoms with Crippen molar-refractivity contribution in [2.75, 3.05) is 17.2 Å². The first-order valence-electron chi connectivity index (χ1n) is 6.60. The quantitative estimate of drug-likeness (QED) is 0.537. The number of anilines is 2. The van der Waals surface area contributed by atoms with Gasteiger partial charge in [0.25, 0.3) is 0 Å². The number of halogens is 2. The van der Waals surface area contributed by atoms with Gasteiger partial charge in [0.15, 0.2) is 4.34 Å². The number of hydrogen-bond acceptors (Lipinski definition) is 6. The first-order valence-corrected chi connectivity index (χ1v) is 9.05. The van der Waals surface area contributed by atoms with E-state index in [0.717, 1.165) is 0 Å². The Labute approximate surface area is 152 Å². The summed E-state index contributed by atoms with van der Waals surface area (Å²) in [5, 5.41) is 15.1. The Bertz CT molecular complexity index is 708. The van der Waals surface area contributed by atoms with Gasteiger partial charge in [0.2, 0.25) is 11.0 Å². The van der Waals surface area contributed by atoms with Crippen LogP contribution < -0.4 is 10.6 Å². The molecule has 2 N–H and O–H groups in total. The van der Waals surface area contributed by atoms with Gasteiger partial charge in [0.05, 0.1) is 16.0 Å². The van der Waals surface area contributed by atoms with Gasteiger partial charge in [-0.05, 0) is 25.1 Å². The van der Waals surface area contributed by atoms with Crippen molar-refractivity contribution in [3.8, 4) is 0 Å². The number of aromatic nitrogens is 2. The van der Waals surface area contributed by atoms with Crippen molar-refractivity contribution in [3.63, 3.8) is 0 Å². The zero-order valence-corrected chi connectivity index (χ0v) is 15.3. The summed E-state index contributed by atoms with van der Waals surface area (Å²) < 4.78 is 0.710. The van der Waals surface area contributed by atoms with E-state index < -0.39 is 0 Å². The standard InChI is InChI=1S/C14H14Cl2N4OS2/c1-3-6-17-13-19-20-14(23-13)22-8(2)12(21)18-11-5-4-9(15)7-10(11)16/h3-5,7-8H,1,6H2,2H3,(H,17,19)(H,18,21)/t8-/m1/s1. The van der Waals surface area contributed by atoms with E-state index >= 15 is 0 Å². The molecule has 1 amide bonds. The molecule has 0 saturated carbocycles. The Morgan fingerprint density at radius 2 is 2.26 bits per heavy atom. The maximum atomic E-state index is 12.2. The fourth-order valence-electron chi connectivity index (χ4n) is 1.52. The fourth-order valence-corrected chi connectivity index (χ4v) is 3.88. The number of hydrogen-bond donors (Lipinski definition) is 2. The molecule has 0 aliphatic rings. The molecule has 1 aromatic carbocycles. The van der Waals surface area contributed by atoms with Crippen LogP contribution in [0.15, 0.2) is 35.2 Å². The van der Waals surface area contributed by atoms with Gasteiger partial charge in [0.1, 0.15) is 0 Å². The van der Waals surface area contributed by atoms with Crippen LogP contribution in [0.4, 0.5) is 10.8 Å². The monoisotopic (exact) mass is 388 g/mol. The lowest BCUT2D eigenvalue weighted by atomic mass is 10.3. The maximum absolute atomic E-state index is 12.2. The molecule has 1 heterocycles. The van der Waals surface area contributed by atoms with Crippen LogP contribution in [0.1, 0.15) is 6.92 Å². The summed E-state index contributed by atoms with van der Waals surface area (Å²) >= 11 is 14.6. The molecule has 0 saturated heterocycles. The molecule has 1 atom stereocenters. The number of nitrogens with zero attached hydrogens (tertiary/aromatic N) is 2. The predicted octanol–water partition coefficient (Wildman–Crippen LogP) is 4.56. The molecule has 0 bridgehead atoms. The minimum atomic E-state index is -0.345. The van der Waals surface area contributed by atoms with Crippen molar-refractivity contribution in [1.29, 1.82) is 0 Å². The Morgan fingerprint density at radius 1 is 1.48 bits per heavy atom. The van der Waals surface area contributed by atoms with E-state index in [4.69, 9.17) is 23.2 Å². The highest BCUT2D eigenvalue weighted by molar-refractivity contribution is 8.02. The SMILES string of the molecule is C=CCNc1nnc(S[C@H](C)C(=O)Nc2ccc(Cl)cc2Cl)s1. The summed E-state index contributed by atoms with van der Waals surface area (Å²) in [6.07, 6.45) is 1.74. The van der Waals surface area contributed by atoms with Gasteiger partial charge in [-0.2, -0.15) is 0 Å². The van der Waals surface area contributed by atoms with Gasteiger partial charge in [-0.1, -0.05) is 52.4 Å². The van der Waals surface area contributed by atoms with Crippen molar-refractivity contribution < 1.29 is 4.79 Å². The van der Waals surface area contributed by atoms with Gasteiger partial charge in [-0.3, -0.25) is 4.79 Å². The lowest BCUT2D eigenvalue weighted by Gasteiger charge is -2.11. The summed E-state index contributed by atoms with van der Waals surface area (Å²) in [7, 11) is 0. The maximum Gasteiger partial charge on any atom is 0.237 e. The van der Waals surface area contributed by atoms with Crippen molar-refractivity contribution in [2.24, 2.45) is 0 Å². The smallest absolute Gasteiger partial charge is 0.237 e. The summed E-state index contributed by atoms with van der Waals surface area (Å²) in [5.41, 5.74) is 0.527. The van der Waals surface area contributed by atoms with Crippen molar-refractivity contribution in [3.05, 3.63) is 40.9 Å². The van der Waals surface area contributed by atoms with E-state index in [0.29, 0.717) is 31.7 Å². The van der Waals surface area contributed by atoms with Crippen LogP contribution in [-0.4, -0.2) is 27.9 Å². The third-order valence-corrected chi connectivity index (χ3v) is 5.25. The molecular weight excluding hydrogens is 375 g/mol. The molecular formula is C14H14Cl2N4OS2. The van der Waals surface area contributed by atoms with E-state index in [-0.39, 0.29) is 11.2 Å². The molecule has 0 aliphatic heterocycles. The van der Waals surface area contributed by atoms with Crippen LogP contribution in [0.3, 0.4) is 0 Å². The molecule has 0 unspecified atom stereocenters. The van der Waals surface area contributed by atoms with Crippen LogP contribution in [0, 0.1) is 0 Å². The Kier molecular flexibility index (Phi) is 6.71. The molecule has 1 aromatic heterocycles. The number of amides is 1. The normalized spacial score (nSPS) is 11.8. The third kappa shape index (κ3) is 5.39. The first-order chi connectivity index (χ1) is 11.0. The van der Waals surface area contributed by atoms with E-state index in [1.54, 1.807) is 31.2 Å². The predicted molar refractivity (Wildman–Crippen MR) is 99.0 cm³/mol. The number of carbonyl (C=O) groups excluding carboxylic acids is 1. The Balaban J connectivity index is 1.94. The molecule has 0 aliphatic carbocycles. The molecule has 122 valence electrons. The van der Waals surface area contributed by atoms with Crippen molar-refractivity contribution in [1.82, 2.24) is 10.2 Å². The van der Waals surface area contributed by atoms with Crippen LogP contribution in [0.5, 0.6) is 0 Å². The van der Waals surface area contributed by atoms with Crippen molar-refractivity contribution in [2.45, 2.75) is 16.5 Å². The molecule has 0 radical (unpaired) electrons. The summed E-state index contributed by atoms with van der Waals surface area (Å²) in [6.45, 7) is 6.03. The van der Waals surface area contributed by atoms with Crippen molar-refractivity contribution >= 4 is 63.0 Å². The second-order valence-corrected chi connectivity index (χ2v) is 7.83. The average molecular weight is 389 g/mol. The molecule has 2 rings (SSSR count). The van der Waals surface area contributed by atoms with Crippen LogP contribution in [-0.2, 0) is 4.79 Å². The Morgan fingerprint density at radius 3 is 2.96 bits per heavy atom. The van der Waals surface area contributed by atoms with Gasteiger partial charge in [-0.15, -0.1) is 16.8 Å². The number of benzene rings is 1. The third-order valence-electron chi connectivity index (χ3n) is 2.64. The summed E-state index contributed by atoms with van der Waals surface area (Å²) in [6, 6.07) is 4.92. The van der Waals surface area contributed by atoms with Gasteiger partial charge in [0, 0.05) is 11.6 Å². The molecule has 23 heavy (non-hydrogen) atoms. The molecule has 2 aromatic rings. The summed E-state index contributed by atoms with van der Waals surface area (Å²) in [4.78, 5) is 12.2. The van der Waals surface area contributed by atoms with Crippen LogP contribution in [0.2, 0.25) is 10.0 Å². The molecule has 0 fully saturated rings. The molecule has 5 nitrogen and oxygen atoms in total. The highest BCUT2D eigenvalue weighted by Crippen LogP contribution is 2.30. The molecule has 9 heteroatoms. The first kappa shape index (κ1) is 18.1. The number of nitrogens with one attached hydrogen (secondary N) is 2. The second kappa shape index (κ2) is 8.54. The topological polar surface area (TPSA) is 66.9 Å². The highest BCUT2D eigenvalue weighted by atomic mass is 35.5. The van der Waals surface area contributed by atoms with E-state index in [1.165, 1.54) is 23.1 Å². The lowest BCUT2D eigenvalue weighted by Crippen LogP contribution is -2.22. The van der Waals surface area contributed by atoms with E-state index in [1.807, 2.05) is 0 Å². The molecule has 0 spiro atoms. The van der Waals surface area contributed by atoms with Gasteiger partial charge in [-0.25, -0.2) is 0 Å². The van der Waals surface area contributed by atoms with E-state index in [9.17, 15) is 4.79 Å². The Hall–Kier alpha value is -1.28. The number of thioether (sulfide) groups is 1. The fraction of sp³-hybridized carbons (Fsp3) is 0.214. The summed E-state index contributed by atoms with van der Waals surface area (Å²) in [5.74, 6) is -0.171. The minimum Gasteiger partial charge on any atom is -0.357 e. The average Bonchev–Trinajstić information content (AvgIpc) is 2.95. The zero-order valence-electron chi connectivity index (χ0n) is 12.2. The lowest BCUT2D eigenvalue weighted by molar-refractivity contribution is -0.115. The van der Waals surface area contributed by atoms with Crippen LogP contribution in [0.25, 0.3) is 0 Å². The number of carbonyl (C=O) groups is 1. The number of rotatable bonds is 7. The highest BCUT2D eigenvalue weighted by Gasteiger charge is 2.18. The van der Waals surface area contributed by atoms with E-state index in [2.05, 4.69) is 27.4 Å². The van der Waals surface area contributed by atoms with Gasteiger partial charge >= 0.3 is 0 Å². The van der Waals surface area contributed by atoms with Crippen LogP contribution >= 0.6 is 46.3 Å². The van der Waals surface area contributed by atoms with Gasteiger partial charge < -0.3 is 10.6 Å². The minimum absolute atomic E-state index is 0.171. The zero-order chi connectivity index (χ0) is 16.8.